The SMILES string of the molecule is CN(CCCBr)C(=O)Cc1cccc(F)c1. The van der Waals surface area contributed by atoms with Gasteiger partial charge in [-0.25, -0.2) is 4.39 Å². The minimum Gasteiger partial charge on any atom is -0.345 e. The second-order valence-electron chi connectivity index (χ2n) is 3.66. The van der Waals surface area contributed by atoms with Crippen molar-refractivity contribution in [2.75, 3.05) is 18.9 Å². The molecule has 0 bridgehead atoms. The number of likely N-dealkylation sites (N-methyl/N-ethyl adjacent to an activating group) is 1. The lowest BCUT2D eigenvalue weighted by molar-refractivity contribution is -0.129. The van der Waals surface area contributed by atoms with E-state index in [-0.39, 0.29) is 18.1 Å². The summed E-state index contributed by atoms with van der Waals surface area (Å²) in [6.45, 7) is 0.722. The Bertz CT molecular complexity index is 357. The summed E-state index contributed by atoms with van der Waals surface area (Å²) >= 11 is 3.32. The number of carbonyl (C=O) groups is 1. The second-order valence-corrected chi connectivity index (χ2v) is 4.46. The highest BCUT2D eigenvalue weighted by atomic mass is 79.9. The van der Waals surface area contributed by atoms with Gasteiger partial charge >= 0.3 is 0 Å². The van der Waals surface area contributed by atoms with Crippen molar-refractivity contribution < 1.29 is 9.18 Å². The zero-order valence-corrected chi connectivity index (χ0v) is 10.8. The maximum atomic E-state index is 12.9. The van der Waals surface area contributed by atoms with E-state index in [0.29, 0.717) is 0 Å². The summed E-state index contributed by atoms with van der Waals surface area (Å²) in [4.78, 5) is 13.4. The molecule has 1 aromatic carbocycles. The molecule has 0 atom stereocenters. The second kappa shape index (κ2) is 6.63. The number of carbonyl (C=O) groups excluding carboxylic acids is 1. The number of amides is 1. The molecule has 0 aliphatic heterocycles. The Labute approximate surface area is 104 Å². The summed E-state index contributed by atoms with van der Waals surface area (Å²) in [6.07, 6.45) is 1.18. The van der Waals surface area contributed by atoms with Gasteiger partial charge in [0, 0.05) is 18.9 Å². The standard InChI is InChI=1S/C12H15BrFNO/c1-15(7-3-6-13)12(16)9-10-4-2-5-11(14)8-10/h2,4-5,8H,3,6-7,9H2,1H3. The van der Waals surface area contributed by atoms with Gasteiger partial charge in [0.05, 0.1) is 6.42 Å². The van der Waals surface area contributed by atoms with Gasteiger partial charge in [0.15, 0.2) is 0 Å². The minimum atomic E-state index is -0.298. The van der Waals surface area contributed by atoms with Gasteiger partial charge in [-0.2, -0.15) is 0 Å². The van der Waals surface area contributed by atoms with E-state index in [0.717, 1.165) is 23.9 Å². The van der Waals surface area contributed by atoms with Crippen molar-refractivity contribution in [3.8, 4) is 0 Å². The lowest BCUT2D eigenvalue weighted by atomic mass is 10.1. The van der Waals surface area contributed by atoms with E-state index in [9.17, 15) is 9.18 Å². The first-order valence-electron chi connectivity index (χ1n) is 5.18. The Morgan fingerprint density at radius 2 is 2.25 bits per heavy atom. The molecule has 0 saturated heterocycles. The van der Waals surface area contributed by atoms with E-state index in [4.69, 9.17) is 0 Å². The molecule has 0 aromatic heterocycles. The maximum Gasteiger partial charge on any atom is 0.226 e. The van der Waals surface area contributed by atoms with Crippen LogP contribution in [0.4, 0.5) is 4.39 Å². The fourth-order valence-corrected chi connectivity index (χ4v) is 1.63. The van der Waals surface area contributed by atoms with Gasteiger partial charge < -0.3 is 4.90 Å². The highest BCUT2D eigenvalue weighted by Gasteiger charge is 2.09. The van der Waals surface area contributed by atoms with Crippen LogP contribution in [0.2, 0.25) is 0 Å². The van der Waals surface area contributed by atoms with E-state index in [1.165, 1.54) is 12.1 Å². The molecule has 0 radical (unpaired) electrons. The molecule has 0 aliphatic rings. The van der Waals surface area contributed by atoms with Crippen molar-refractivity contribution in [1.82, 2.24) is 4.90 Å². The monoisotopic (exact) mass is 287 g/mol. The molecule has 2 nitrogen and oxygen atoms in total. The van der Waals surface area contributed by atoms with Crippen LogP contribution < -0.4 is 0 Å². The molecule has 16 heavy (non-hydrogen) atoms. The number of nitrogens with zero attached hydrogens (tertiary/aromatic N) is 1. The quantitative estimate of drug-likeness (QED) is 0.763. The third-order valence-corrected chi connectivity index (χ3v) is 2.86. The molecule has 0 heterocycles. The third-order valence-electron chi connectivity index (χ3n) is 2.30. The fourth-order valence-electron chi connectivity index (χ4n) is 1.38. The molecule has 1 aromatic rings. The predicted molar refractivity (Wildman–Crippen MR) is 66.2 cm³/mol. The van der Waals surface area contributed by atoms with Crippen LogP contribution >= 0.6 is 15.9 Å². The Hall–Kier alpha value is -0.900. The highest BCUT2D eigenvalue weighted by Crippen LogP contribution is 2.06. The van der Waals surface area contributed by atoms with Crippen LogP contribution in [0.3, 0.4) is 0 Å². The van der Waals surface area contributed by atoms with Crippen molar-refractivity contribution >= 4 is 21.8 Å². The summed E-state index contributed by atoms with van der Waals surface area (Å²) in [5, 5.41) is 0.880. The first kappa shape index (κ1) is 13.2. The number of benzene rings is 1. The van der Waals surface area contributed by atoms with Gasteiger partial charge in [-0.05, 0) is 24.1 Å². The summed E-state index contributed by atoms with van der Waals surface area (Å²) in [6, 6.07) is 6.16. The smallest absolute Gasteiger partial charge is 0.226 e. The van der Waals surface area contributed by atoms with E-state index in [1.807, 2.05) is 0 Å². The number of halogens is 2. The van der Waals surface area contributed by atoms with Gasteiger partial charge in [-0.15, -0.1) is 0 Å². The van der Waals surface area contributed by atoms with Crippen LogP contribution in [0.1, 0.15) is 12.0 Å². The average molecular weight is 288 g/mol. The summed E-state index contributed by atoms with van der Waals surface area (Å²) in [5.74, 6) is -0.278. The van der Waals surface area contributed by atoms with Gasteiger partial charge in [-0.1, -0.05) is 28.1 Å². The van der Waals surface area contributed by atoms with E-state index >= 15 is 0 Å². The number of rotatable bonds is 5. The molecule has 0 N–H and O–H groups in total. The molecule has 0 aliphatic carbocycles. The molecule has 4 heteroatoms. The number of alkyl halides is 1. The highest BCUT2D eigenvalue weighted by molar-refractivity contribution is 9.09. The molecule has 0 saturated carbocycles. The Balaban J connectivity index is 2.50. The predicted octanol–water partition coefficient (Wildman–Crippen LogP) is 2.61. The van der Waals surface area contributed by atoms with Crippen molar-refractivity contribution in [3.05, 3.63) is 35.6 Å². The lowest BCUT2D eigenvalue weighted by Gasteiger charge is -2.16. The van der Waals surface area contributed by atoms with Gasteiger partial charge in [0.2, 0.25) is 5.91 Å². The zero-order valence-electron chi connectivity index (χ0n) is 9.25. The Kier molecular flexibility index (Phi) is 5.46. The van der Waals surface area contributed by atoms with E-state index < -0.39 is 0 Å². The van der Waals surface area contributed by atoms with Crippen LogP contribution in [0.15, 0.2) is 24.3 Å². The molecule has 1 rings (SSSR count). The van der Waals surface area contributed by atoms with Crippen molar-refractivity contribution in [3.63, 3.8) is 0 Å². The van der Waals surface area contributed by atoms with E-state index in [1.54, 1.807) is 24.1 Å². The maximum absolute atomic E-state index is 12.9. The van der Waals surface area contributed by atoms with Gasteiger partial charge in [0.25, 0.3) is 0 Å². The Morgan fingerprint density at radius 1 is 1.50 bits per heavy atom. The van der Waals surface area contributed by atoms with Crippen LogP contribution in [-0.4, -0.2) is 29.7 Å². The average Bonchev–Trinajstić information content (AvgIpc) is 2.25. The van der Waals surface area contributed by atoms with Gasteiger partial charge in [-0.3, -0.25) is 4.79 Å². The summed E-state index contributed by atoms with van der Waals surface area (Å²) in [7, 11) is 1.77. The summed E-state index contributed by atoms with van der Waals surface area (Å²) in [5.41, 5.74) is 0.718. The Morgan fingerprint density at radius 3 is 2.88 bits per heavy atom. The topological polar surface area (TPSA) is 20.3 Å². The number of hydrogen-bond donors (Lipinski definition) is 0. The minimum absolute atomic E-state index is 0.0200. The molecule has 0 spiro atoms. The van der Waals surface area contributed by atoms with Crippen LogP contribution in [-0.2, 0) is 11.2 Å². The molecule has 88 valence electrons. The normalized spacial score (nSPS) is 10.2. The summed E-state index contributed by atoms with van der Waals surface area (Å²) < 4.78 is 12.9. The van der Waals surface area contributed by atoms with Crippen molar-refractivity contribution in [2.45, 2.75) is 12.8 Å². The molecule has 0 fully saturated rings. The molecule has 0 unspecified atom stereocenters. The van der Waals surface area contributed by atoms with Crippen LogP contribution in [0.5, 0.6) is 0 Å². The first-order chi connectivity index (χ1) is 7.63. The molecular weight excluding hydrogens is 273 g/mol. The van der Waals surface area contributed by atoms with Gasteiger partial charge in [0.1, 0.15) is 5.82 Å². The molecule has 1 amide bonds. The largest absolute Gasteiger partial charge is 0.345 e. The lowest BCUT2D eigenvalue weighted by Crippen LogP contribution is -2.29. The van der Waals surface area contributed by atoms with E-state index in [2.05, 4.69) is 15.9 Å². The first-order valence-corrected chi connectivity index (χ1v) is 6.30. The zero-order chi connectivity index (χ0) is 12.0. The van der Waals surface area contributed by atoms with Crippen molar-refractivity contribution in [1.29, 1.82) is 0 Å². The van der Waals surface area contributed by atoms with Crippen LogP contribution in [0.25, 0.3) is 0 Å². The van der Waals surface area contributed by atoms with Crippen LogP contribution in [0, 0.1) is 5.82 Å². The molecular formula is C12H15BrFNO. The fraction of sp³-hybridized carbons (Fsp3) is 0.417. The number of hydrogen-bond acceptors (Lipinski definition) is 1. The third kappa shape index (κ3) is 4.31. The van der Waals surface area contributed by atoms with Crippen molar-refractivity contribution in [2.24, 2.45) is 0 Å².